The smallest absolute Gasteiger partial charge is 0.207 e. The Morgan fingerprint density at radius 1 is 1.27 bits per heavy atom. The fourth-order valence-electron chi connectivity index (χ4n) is 2.39. The summed E-state index contributed by atoms with van der Waals surface area (Å²) in [4.78, 5) is 9.86. The minimum atomic E-state index is 0.208. The fourth-order valence-corrected chi connectivity index (χ4v) is 2.39. The molecule has 0 spiro atoms. The number of hydrogen-bond acceptors (Lipinski definition) is 9. The van der Waals surface area contributed by atoms with Gasteiger partial charge in [-0.3, -0.25) is 0 Å². The van der Waals surface area contributed by atoms with Crippen molar-refractivity contribution in [2.24, 2.45) is 0 Å². The molecule has 4 rings (SSSR count). The minimum Gasteiger partial charge on any atom is -0.485 e. The van der Waals surface area contributed by atoms with Crippen LogP contribution < -0.4 is 15.8 Å². The van der Waals surface area contributed by atoms with Crippen molar-refractivity contribution in [2.45, 2.75) is 13.5 Å². The van der Waals surface area contributed by atoms with Crippen molar-refractivity contribution in [1.29, 1.82) is 0 Å². The molecular weight excluding hydrogens is 336 g/mol. The zero-order valence-electron chi connectivity index (χ0n) is 14.1. The number of H-pyrrole nitrogens is 1. The van der Waals surface area contributed by atoms with Crippen molar-refractivity contribution < 1.29 is 4.74 Å². The molecule has 0 aromatic carbocycles. The van der Waals surface area contributed by atoms with E-state index in [1.165, 1.54) is 4.80 Å². The normalized spacial score (nSPS) is 11.0. The van der Waals surface area contributed by atoms with Gasteiger partial charge < -0.3 is 15.8 Å². The summed E-state index contributed by atoms with van der Waals surface area (Å²) in [7, 11) is 1.81. The number of aromatic amines is 1. The van der Waals surface area contributed by atoms with Crippen molar-refractivity contribution >= 4 is 22.8 Å². The third-order valence-corrected chi connectivity index (χ3v) is 3.75. The van der Waals surface area contributed by atoms with Gasteiger partial charge in [0.05, 0.1) is 11.9 Å². The number of ether oxygens (including phenoxy) is 1. The van der Waals surface area contributed by atoms with Gasteiger partial charge >= 0.3 is 0 Å². The summed E-state index contributed by atoms with van der Waals surface area (Å²) in [5.74, 6) is 1.56. The Morgan fingerprint density at radius 3 is 2.92 bits per heavy atom. The quantitative estimate of drug-likeness (QED) is 0.475. The molecule has 0 aliphatic rings. The van der Waals surface area contributed by atoms with Crippen LogP contribution in [-0.4, -0.2) is 47.4 Å². The zero-order valence-corrected chi connectivity index (χ0v) is 14.1. The number of aryl methyl sites for hydroxylation is 1. The number of anilines is 2. The third-order valence-electron chi connectivity index (χ3n) is 3.75. The molecule has 0 aliphatic carbocycles. The summed E-state index contributed by atoms with van der Waals surface area (Å²) in [6, 6.07) is 5.33. The summed E-state index contributed by atoms with van der Waals surface area (Å²) < 4.78 is 5.83. The highest BCUT2D eigenvalue weighted by Gasteiger charge is 2.13. The second-order valence-corrected chi connectivity index (χ2v) is 5.50. The molecule has 26 heavy (non-hydrogen) atoms. The Balaban J connectivity index is 1.57. The van der Waals surface area contributed by atoms with Crippen LogP contribution in [0.3, 0.4) is 0 Å². The molecule has 0 aliphatic heterocycles. The molecule has 0 bridgehead atoms. The minimum absolute atomic E-state index is 0.208. The maximum Gasteiger partial charge on any atom is 0.207 e. The number of fused-ring (bicyclic) bond motifs is 1. The number of nitrogen functional groups attached to an aromatic ring is 1. The molecule has 4 N–H and O–H groups in total. The summed E-state index contributed by atoms with van der Waals surface area (Å²) in [5.41, 5.74) is 8.87. The lowest BCUT2D eigenvalue weighted by Gasteiger charge is -2.05. The average molecular weight is 352 g/mol. The molecule has 0 unspecified atom stereocenters. The average Bonchev–Trinajstić information content (AvgIpc) is 3.26. The SMILES string of the molecule is CNc1ccc(-n2nc(C)c(COc3cc(N)nc4n[nH]nc34)n2)cn1. The molecule has 0 amide bonds. The van der Waals surface area contributed by atoms with Gasteiger partial charge in [-0.2, -0.15) is 15.4 Å². The van der Waals surface area contributed by atoms with Gasteiger partial charge in [0, 0.05) is 13.1 Å². The molecule has 11 nitrogen and oxygen atoms in total. The first-order chi connectivity index (χ1) is 12.6. The number of nitrogens with two attached hydrogens (primary N) is 1. The highest BCUT2D eigenvalue weighted by Crippen LogP contribution is 2.24. The predicted molar refractivity (Wildman–Crippen MR) is 93.9 cm³/mol. The molecule has 4 heterocycles. The first-order valence-corrected chi connectivity index (χ1v) is 7.81. The first kappa shape index (κ1) is 15.7. The Bertz CT molecular complexity index is 1050. The number of pyridine rings is 2. The lowest BCUT2D eigenvalue weighted by atomic mass is 10.3. The number of nitrogens with one attached hydrogen (secondary N) is 2. The molecule has 4 aromatic heterocycles. The lowest BCUT2D eigenvalue weighted by molar-refractivity contribution is 0.303. The molecule has 0 fully saturated rings. The van der Waals surface area contributed by atoms with E-state index in [1.807, 2.05) is 26.1 Å². The topological polar surface area (TPSA) is 145 Å². The van der Waals surface area contributed by atoms with Crippen molar-refractivity contribution in [2.75, 3.05) is 18.1 Å². The maximum absolute atomic E-state index is 5.83. The fraction of sp³-hybridized carbons (Fsp3) is 0.200. The number of hydrogen-bond donors (Lipinski definition) is 3. The van der Waals surface area contributed by atoms with Crippen molar-refractivity contribution in [1.82, 2.24) is 40.4 Å². The van der Waals surface area contributed by atoms with Crippen LogP contribution in [0.1, 0.15) is 11.4 Å². The van der Waals surface area contributed by atoms with E-state index in [2.05, 4.69) is 40.9 Å². The number of nitrogens with zero attached hydrogens (tertiary/aromatic N) is 7. The molecule has 0 saturated carbocycles. The summed E-state index contributed by atoms with van der Waals surface area (Å²) in [6.45, 7) is 2.07. The van der Waals surface area contributed by atoms with Crippen LogP contribution in [0.2, 0.25) is 0 Å². The molecule has 132 valence electrons. The zero-order chi connectivity index (χ0) is 18.1. The van der Waals surface area contributed by atoms with E-state index in [4.69, 9.17) is 10.5 Å². The largest absolute Gasteiger partial charge is 0.485 e. The number of rotatable bonds is 5. The van der Waals surface area contributed by atoms with Crippen LogP contribution in [0, 0.1) is 6.92 Å². The van der Waals surface area contributed by atoms with Gasteiger partial charge in [0.15, 0.2) is 11.3 Å². The van der Waals surface area contributed by atoms with Gasteiger partial charge in [0.1, 0.15) is 29.6 Å². The standard InChI is InChI=1S/C15H16N10O/c1-8-10(23-25(22-8)9-3-4-13(17-2)18-6-9)7-26-11-5-12(16)19-15-14(11)20-24-21-15/h3-6H,7H2,1-2H3,(H,17,18)(H3,16,19,20,21,24). The van der Waals surface area contributed by atoms with E-state index < -0.39 is 0 Å². The summed E-state index contributed by atoms with van der Waals surface area (Å²) in [5, 5.41) is 22.3. The van der Waals surface area contributed by atoms with Crippen molar-refractivity contribution in [3.05, 3.63) is 35.8 Å². The Morgan fingerprint density at radius 2 is 2.15 bits per heavy atom. The number of aromatic nitrogens is 8. The Hall–Kier alpha value is -3.76. The van der Waals surface area contributed by atoms with E-state index in [9.17, 15) is 0 Å². The van der Waals surface area contributed by atoms with Crippen LogP contribution in [-0.2, 0) is 6.61 Å². The van der Waals surface area contributed by atoms with Gasteiger partial charge in [-0.25, -0.2) is 9.97 Å². The lowest BCUT2D eigenvalue weighted by Crippen LogP contribution is -2.03. The van der Waals surface area contributed by atoms with Crippen LogP contribution in [0.5, 0.6) is 5.75 Å². The van der Waals surface area contributed by atoms with Gasteiger partial charge in [-0.1, -0.05) is 0 Å². The van der Waals surface area contributed by atoms with Crippen LogP contribution >= 0.6 is 0 Å². The second-order valence-electron chi connectivity index (χ2n) is 5.50. The Kier molecular flexibility index (Phi) is 3.80. The van der Waals surface area contributed by atoms with E-state index in [0.29, 0.717) is 28.4 Å². The van der Waals surface area contributed by atoms with Crippen molar-refractivity contribution in [3.8, 4) is 11.4 Å². The molecule has 0 atom stereocenters. The van der Waals surface area contributed by atoms with Crippen LogP contribution in [0.4, 0.5) is 11.6 Å². The van der Waals surface area contributed by atoms with E-state index in [1.54, 1.807) is 12.3 Å². The van der Waals surface area contributed by atoms with Crippen LogP contribution in [0.15, 0.2) is 24.4 Å². The third kappa shape index (κ3) is 2.85. The van der Waals surface area contributed by atoms with Crippen molar-refractivity contribution in [3.63, 3.8) is 0 Å². The van der Waals surface area contributed by atoms with E-state index in [-0.39, 0.29) is 6.61 Å². The highest BCUT2D eigenvalue weighted by molar-refractivity contribution is 5.78. The molecule has 4 aromatic rings. The van der Waals surface area contributed by atoms with Gasteiger partial charge in [0.25, 0.3) is 0 Å². The summed E-state index contributed by atoms with van der Waals surface area (Å²) in [6.07, 6.45) is 1.69. The van der Waals surface area contributed by atoms with E-state index >= 15 is 0 Å². The van der Waals surface area contributed by atoms with E-state index in [0.717, 1.165) is 17.2 Å². The predicted octanol–water partition coefficient (Wildman–Crippen LogP) is 0.840. The maximum atomic E-state index is 5.83. The Labute approximate surface area is 147 Å². The molecule has 0 radical (unpaired) electrons. The second kappa shape index (κ2) is 6.27. The van der Waals surface area contributed by atoms with Gasteiger partial charge in [0.2, 0.25) is 5.65 Å². The van der Waals surface area contributed by atoms with Gasteiger partial charge in [-0.15, -0.1) is 15.0 Å². The van der Waals surface area contributed by atoms with Crippen LogP contribution in [0.25, 0.3) is 16.9 Å². The van der Waals surface area contributed by atoms with Gasteiger partial charge in [-0.05, 0) is 19.1 Å². The molecular formula is C15H16N10O. The monoisotopic (exact) mass is 352 g/mol. The first-order valence-electron chi connectivity index (χ1n) is 7.81. The molecule has 11 heteroatoms. The summed E-state index contributed by atoms with van der Waals surface area (Å²) >= 11 is 0. The molecule has 0 saturated heterocycles. The highest BCUT2D eigenvalue weighted by atomic mass is 16.5.